The third kappa shape index (κ3) is 5.18. The molecular weight excluding hydrogens is 446 g/mol. The van der Waals surface area contributed by atoms with Crippen molar-refractivity contribution in [3.8, 4) is 5.69 Å². The Morgan fingerprint density at radius 3 is 2.62 bits per heavy atom. The van der Waals surface area contributed by atoms with Crippen LogP contribution in [0.25, 0.3) is 5.69 Å². The highest BCUT2D eigenvalue weighted by atomic mass is 32.2. The van der Waals surface area contributed by atoms with Crippen molar-refractivity contribution < 1.29 is 13.2 Å². The van der Waals surface area contributed by atoms with Gasteiger partial charge in [0.05, 0.1) is 22.9 Å². The summed E-state index contributed by atoms with van der Waals surface area (Å²) in [6.45, 7) is 4.44. The van der Waals surface area contributed by atoms with E-state index in [0.717, 1.165) is 16.8 Å². The molecular formula is C22H25N5O3S2. The van der Waals surface area contributed by atoms with Gasteiger partial charge in [0.1, 0.15) is 0 Å². The monoisotopic (exact) mass is 471 g/mol. The van der Waals surface area contributed by atoms with E-state index in [1.807, 2.05) is 62.4 Å². The molecule has 2 aromatic carbocycles. The average Bonchev–Trinajstić information content (AvgIpc) is 3.39. The molecule has 1 aromatic heterocycles. The molecule has 10 heteroatoms. The Kier molecular flexibility index (Phi) is 6.61. The van der Waals surface area contributed by atoms with E-state index >= 15 is 0 Å². The van der Waals surface area contributed by atoms with Crippen LogP contribution in [0.5, 0.6) is 0 Å². The first kappa shape index (κ1) is 22.5. The van der Waals surface area contributed by atoms with Crippen LogP contribution in [0.1, 0.15) is 23.1 Å². The van der Waals surface area contributed by atoms with E-state index in [2.05, 4.69) is 15.5 Å². The lowest BCUT2D eigenvalue weighted by Gasteiger charge is -2.28. The number of amides is 1. The fourth-order valence-corrected chi connectivity index (χ4v) is 6.23. The third-order valence-corrected chi connectivity index (χ3v) is 8.32. The Labute approximate surface area is 191 Å². The number of hydrogen-bond donors (Lipinski definition) is 0. The number of nitrogens with zero attached hydrogens (tertiary/aromatic N) is 5. The molecule has 32 heavy (non-hydrogen) atoms. The van der Waals surface area contributed by atoms with E-state index in [-0.39, 0.29) is 29.2 Å². The highest BCUT2D eigenvalue weighted by molar-refractivity contribution is 7.99. The zero-order valence-electron chi connectivity index (χ0n) is 18.0. The van der Waals surface area contributed by atoms with Crippen molar-refractivity contribution in [1.29, 1.82) is 0 Å². The summed E-state index contributed by atoms with van der Waals surface area (Å²) in [5, 5.41) is 12.4. The number of hydrogen-bond acceptors (Lipinski definition) is 7. The second-order valence-electron chi connectivity index (χ2n) is 7.99. The summed E-state index contributed by atoms with van der Waals surface area (Å²) >= 11 is 1.25. The normalized spacial score (nSPS) is 17.4. The molecule has 0 N–H and O–H groups in total. The van der Waals surface area contributed by atoms with Crippen molar-refractivity contribution in [2.24, 2.45) is 0 Å². The van der Waals surface area contributed by atoms with Crippen LogP contribution >= 0.6 is 11.8 Å². The van der Waals surface area contributed by atoms with Gasteiger partial charge in [-0.05, 0) is 59.5 Å². The number of thioether (sulfide) groups is 1. The number of rotatable bonds is 7. The maximum absolute atomic E-state index is 13.2. The van der Waals surface area contributed by atoms with Crippen LogP contribution in [0.15, 0.2) is 53.7 Å². The Bertz CT molecular complexity index is 1210. The summed E-state index contributed by atoms with van der Waals surface area (Å²) in [5.74, 6) is 0.121. The van der Waals surface area contributed by atoms with E-state index < -0.39 is 9.84 Å². The molecule has 0 spiro atoms. The molecule has 0 bridgehead atoms. The molecule has 1 saturated heterocycles. The maximum Gasteiger partial charge on any atom is 0.233 e. The van der Waals surface area contributed by atoms with Crippen LogP contribution in [-0.2, 0) is 21.2 Å². The number of sulfone groups is 1. The number of carbonyl (C=O) groups excluding carboxylic acids is 1. The third-order valence-electron chi connectivity index (χ3n) is 5.67. The summed E-state index contributed by atoms with van der Waals surface area (Å²) in [5.41, 5.74) is 4.10. The molecule has 4 rings (SSSR count). The lowest BCUT2D eigenvalue weighted by Crippen LogP contribution is -2.41. The first-order chi connectivity index (χ1) is 15.3. The van der Waals surface area contributed by atoms with Gasteiger partial charge in [-0.15, -0.1) is 5.10 Å². The van der Waals surface area contributed by atoms with Crippen LogP contribution in [0.2, 0.25) is 0 Å². The summed E-state index contributed by atoms with van der Waals surface area (Å²) in [6.07, 6.45) is 0.464. The molecule has 3 aromatic rings. The average molecular weight is 472 g/mol. The Balaban J connectivity index is 1.50. The Hall–Kier alpha value is -2.72. The van der Waals surface area contributed by atoms with Crippen molar-refractivity contribution in [1.82, 2.24) is 25.1 Å². The molecule has 0 radical (unpaired) electrons. The number of aryl methyl sites for hydroxylation is 2. The van der Waals surface area contributed by atoms with Gasteiger partial charge in [0.15, 0.2) is 9.84 Å². The molecule has 1 aliphatic rings. The van der Waals surface area contributed by atoms with E-state index in [1.165, 1.54) is 17.3 Å². The quantitative estimate of drug-likeness (QED) is 0.489. The molecule has 0 saturated carbocycles. The van der Waals surface area contributed by atoms with Gasteiger partial charge in [-0.2, -0.15) is 4.68 Å². The number of aromatic nitrogens is 4. The lowest BCUT2D eigenvalue weighted by molar-refractivity contribution is -0.130. The van der Waals surface area contributed by atoms with Gasteiger partial charge in [-0.1, -0.05) is 48.2 Å². The molecule has 1 atom stereocenters. The van der Waals surface area contributed by atoms with Crippen molar-refractivity contribution in [2.45, 2.75) is 38.0 Å². The summed E-state index contributed by atoms with van der Waals surface area (Å²) in [4.78, 5) is 14.9. The molecule has 0 aliphatic carbocycles. The number of carbonyl (C=O) groups is 1. The molecule has 1 amide bonds. The minimum atomic E-state index is -3.11. The van der Waals surface area contributed by atoms with Crippen molar-refractivity contribution >= 4 is 27.5 Å². The largest absolute Gasteiger partial charge is 0.334 e. The Morgan fingerprint density at radius 1 is 1.16 bits per heavy atom. The standard InChI is InChI=1S/C22H25N5O3S2/c1-16-8-9-19(12-17(16)2)27-22(23-24-25-27)31-14-21(28)26(13-18-6-4-3-5-7-18)20-10-11-32(29,30)15-20/h3-9,12,20H,10-11,13-15H2,1-2H3/t20-/m0/s1. The molecule has 1 fully saturated rings. The van der Waals surface area contributed by atoms with Crippen molar-refractivity contribution in [2.75, 3.05) is 17.3 Å². The second kappa shape index (κ2) is 9.41. The van der Waals surface area contributed by atoms with Crippen LogP contribution < -0.4 is 0 Å². The van der Waals surface area contributed by atoms with Crippen molar-refractivity contribution in [3.63, 3.8) is 0 Å². The zero-order valence-corrected chi connectivity index (χ0v) is 19.6. The SMILES string of the molecule is Cc1ccc(-n2nnnc2SCC(=O)N(Cc2ccccc2)[C@H]2CCS(=O)(=O)C2)cc1C. The topological polar surface area (TPSA) is 98.1 Å². The number of benzene rings is 2. The highest BCUT2D eigenvalue weighted by Gasteiger charge is 2.34. The van der Waals surface area contributed by atoms with Crippen LogP contribution in [0.3, 0.4) is 0 Å². The van der Waals surface area contributed by atoms with E-state index in [4.69, 9.17) is 0 Å². The van der Waals surface area contributed by atoms with E-state index in [0.29, 0.717) is 18.1 Å². The number of tetrazole rings is 1. The first-order valence-corrected chi connectivity index (χ1v) is 13.2. The predicted molar refractivity (Wildman–Crippen MR) is 123 cm³/mol. The predicted octanol–water partition coefficient (Wildman–Crippen LogP) is 2.59. The molecule has 1 aliphatic heterocycles. The lowest BCUT2D eigenvalue weighted by atomic mass is 10.1. The minimum absolute atomic E-state index is 0.0105. The smallest absolute Gasteiger partial charge is 0.233 e. The summed E-state index contributed by atoms with van der Waals surface area (Å²) in [6, 6.07) is 15.3. The van der Waals surface area contributed by atoms with Crippen LogP contribution in [-0.4, -0.2) is 62.7 Å². The molecule has 8 nitrogen and oxygen atoms in total. The van der Waals surface area contributed by atoms with Gasteiger partial charge in [0.2, 0.25) is 11.1 Å². The molecule has 2 heterocycles. The molecule has 0 unspecified atom stereocenters. The van der Waals surface area contributed by atoms with E-state index in [1.54, 1.807) is 9.58 Å². The Morgan fingerprint density at radius 2 is 1.94 bits per heavy atom. The van der Waals surface area contributed by atoms with Gasteiger partial charge in [-0.3, -0.25) is 4.79 Å². The maximum atomic E-state index is 13.2. The minimum Gasteiger partial charge on any atom is -0.334 e. The van der Waals surface area contributed by atoms with Gasteiger partial charge >= 0.3 is 0 Å². The zero-order chi connectivity index (χ0) is 22.7. The summed E-state index contributed by atoms with van der Waals surface area (Å²) in [7, 11) is -3.11. The fourth-order valence-electron chi connectivity index (χ4n) is 3.72. The van der Waals surface area contributed by atoms with Gasteiger partial charge < -0.3 is 4.90 Å². The fraction of sp³-hybridized carbons (Fsp3) is 0.364. The van der Waals surface area contributed by atoms with Gasteiger partial charge in [-0.25, -0.2) is 8.42 Å². The van der Waals surface area contributed by atoms with Gasteiger partial charge in [0.25, 0.3) is 0 Å². The summed E-state index contributed by atoms with van der Waals surface area (Å²) < 4.78 is 25.7. The van der Waals surface area contributed by atoms with Crippen molar-refractivity contribution in [3.05, 3.63) is 65.2 Å². The van der Waals surface area contributed by atoms with Crippen LogP contribution in [0.4, 0.5) is 0 Å². The first-order valence-electron chi connectivity index (χ1n) is 10.3. The second-order valence-corrected chi connectivity index (χ2v) is 11.2. The highest BCUT2D eigenvalue weighted by Crippen LogP contribution is 2.24. The van der Waals surface area contributed by atoms with Gasteiger partial charge in [0, 0.05) is 12.6 Å². The van der Waals surface area contributed by atoms with E-state index in [9.17, 15) is 13.2 Å². The molecule has 168 valence electrons. The van der Waals surface area contributed by atoms with Crippen LogP contribution in [0, 0.1) is 13.8 Å².